The van der Waals surface area contributed by atoms with E-state index in [9.17, 15) is 13.6 Å². The van der Waals surface area contributed by atoms with Crippen molar-refractivity contribution in [2.75, 3.05) is 0 Å². The van der Waals surface area contributed by atoms with Crippen LogP contribution in [0.25, 0.3) is 0 Å². The molecule has 0 amide bonds. The summed E-state index contributed by atoms with van der Waals surface area (Å²) in [6.45, 7) is 0. The van der Waals surface area contributed by atoms with Gasteiger partial charge in [0, 0.05) is 18.3 Å². The van der Waals surface area contributed by atoms with Crippen LogP contribution in [-0.2, 0) is 4.79 Å². The molecule has 2 aliphatic carbocycles. The molecule has 2 rings (SSSR count). The van der Waals surface area contributed by atoms with Crippen LogP contribution >= 0.6 is 0 Å². The van der Waals surface area contributed by atoms with Gasteiger partial charge in [-0.2, -0.15) is 0 Å². The molecule has 0 spiro atoms. The monoisotopic (exact) mass is 200 g/mol. The SMILES string of the molecule is O=CC1(C2=CCC(F)(F)CC2)CCC1. The van der Waals surface area contributed by atoms with E-state index in [4.69, 9.17) is 0 Å². The van der Waals surface area contributed by atoms with Crippen LogP contribution in [-0.4, -0.2) is 12.2 Å². The Kier molecular flexibility index (Phi) is 2.20. The molecule has 1 fully saturated rings. The van der Waals surface area contributed by atoms with Crippen molar-refractivity contribution in [3.63, 3.8) is 0 Å². The average molecular weight is 200 g/mol. The first-order valence-corrected chi connectivity index (χ1v) is 5.12. The Labute approximate surface area is 82.2 Å². The fraction of sp³-hybridized carbons (Fsp3) is 0.727. The van der Waals surface area contributed by atoms with Crippen molar-refractivity contribution < 1.29 is 13.6 Å². The first-order chi connectivity index (χ1) is 6.58. The van der Waals surface area contributed by atoms with Crippen molar-refractivity contribution in [3.05, 3.63) is 11.6 Å². The van der Waals surface area contributed by atoms with E-state index in [2.05, 4.69) is 0 Å². The number of allylic oxidation sites excluding steroid dienone is 2. The van der Waals surface area contributed by atoms with Crippen LogP contribution in [0.4, 0.5) is 8.78 Å². The minimum absolute atomic E-state index is 0.0889. The summed E-state index contributed by atoms with van der Waals surface area (Å²) >= 11 is 0. The van der Waals surface area contributed by atoms with Gasteiger partial charge in [0.05, 0.1) is 0 Å². The summed E-state index contributed by atoms with van der Waals surface area (Å²) in [4.78, 5) is 10.9. The van der Waals surface area contributed by atoms with Crippen LogP contribution in [0.1, 0.15) is 38.5 Å². The molecular formula is C11H14F2O. The van der Waals surface area contributed by atoms with Crippen molar-refractivity contribution >= 4 is 6.29 Å². The lowest BCUT2D eigenvalue weighted by Crippen LogP contribution is -2.35. The van der Waals surface area contributed by atoms with Gasteiger partial charge in [0.15, 0.2) is 0 Å². The summed E-state index contributed by atoms with van der Waals surface area (Å²) in [7, 11) is 0. The van der Waals surface area contributed by atoms with Gasteiger partial charge in [-0.1, -0.05) is 18.1 Å². The maximum atomic E-state index is 12.9. The summed E-state index contributed by atoms with van der Waals surface area (Å²) in [5.74, 6) is -2.54. The molecule has 1 nitrogen and oxygen atoms in total. The average Bonchev–Trinajstić information content (AvgIpc) is 2.06. The van der Waals surface area contributed by atoms with Gasteiger partial charge in [-0.05, 0) is 19.3 Å². The highest BCUT2D eigenvalue weighted by Gasteiger charge is 2.43. The fourth-order valence-electron chi connectivity index (χ4n) is 2.32. The van der Waals surface area contributed by atoms with Crippen LogP contribution in [0, 0.1) is 5.41 Å². The second-order valence-electron chi connectivity index (χ2n) is 4.42. The van der Waals surface area contributed by atoms with Gasteiger partial charge >= 0.3 is 0 Å². The molecule has 0 aromatic heterocycles. The Morgan fingerprint density at radius 2 is 2.00 bits per heavy atom. The number of hydrogen-bond acceptors (Lipinski definition) is 1. The molecule has 1 saturated carbocycles. The normalized spacial score (nSPS) is 28.9. The third kappa shape index (κ3) is 1.49. The van der Waals surface area contributed by atoms with E-state index in [1.807, 2.05) is 0 Å². The summed E-state index contributed by atoms with van der Waals surface area (Å²) in [6, 6.07) is 0. The van der Waals surface area contributed by atoms with Crippen LogP contribution in [0.15, 0.2) is 11.6 Å². The lowest BCUT2D eigenvalue weighted by atomic mass is 9.63. The minimum Gasteiger partial charge on any atom is -0.302 e. The lowest BCUT2D eigenvalue weighted by Gasteiger charge is -2.41. The van der Waals surface area contributed by atoms with Crippen LogP contribution < -0.4 is 0 Å². The van der Waals surface area contributed by atoms with Crippen molar-refractivity contribution in [3.8, 4) is 0 Å². The van der Waals surface area contributed by atoms with E-state index in [1.165, 1.54) is 0 Å². The van der Waals surface area contributed by atoms with E-state index in [-0.39, 0.29) is 18.3 Å². The summed E-state index contributed by atoms with van der Waals surface area (Å²) < 4.78 is 25.7. The molecule has 0 saturated heterocycles. The molecule has 3 heteroatoms. The molecule has 14 heavy (non-hydrogen) atoms. The van der Waals surface area contributed by atoms with Crippen LogP contribution in [0.3, 0.4) is 0 Å². The van der Waals surface area contributed by atoms with Crippen molar-refractivity contribution in [1.82, 2.24) is 0 Å². The number of hydrogen-bond donors (Lipinski definition) is 0. The Morgan fingerprint density at radius 3 is 2.36 bits per heavy atom. The lowest BCUT2D eigenvalue weighted by molar-refractivity contribution is -0.118. The third-order valence-electron chi connectivity index (χ3n) is 3.52. The molecule has 0 aromatic rings. The molecule has 0 radical (unpaired) electrons. The van der Waals surface area contributed by atoms with Crippen LogP contribution in [0.2, 0.25) is 0 Å². The maximum Gasteiger partial charge on any atom is 0.251 e. The zero-order valence-electron chi connectivity index (χ0n) is 8.06. The van der Waals surface area contributed by atoms with Crippen molar-refractivity contribution in [1.29, 1.82) is 0 Å². The van der Waals surface area contributed by atoms with Gasteiger partial charge in [-0.25, -0.2) is 8.78 Å². The van der Waals surface area contributed by atoms with E-state index in [1.54, 1.807) is 6.08 Å². The Bertz CT molecular complexity index is 277. The second kappa shape index (κ2) is 3.14. The maximum absolute atomic E-state index is 12.9. The highest BCUT2D eigenvalue weighted by molar-refractivity contribution is 5.66. The molecule has 0 atom stereocenters. The van der Waals surface area contributed by atoms with Gasteiger partial charge < -0.3 is 4.79 Å². The topological polar surface area (TPSA) is 17.1 Å². The highest BCUT2D eigenvalue weighted by Crippen LogP contribution is 2.49. The molecule has 0 heterocycles. The Hall–Kier alpha value is -0.730. The van der Waals surface area contributed by atoms with Gasteiger partial charge in [0.25, 0.3) is 5.92 Å². The number of carbonyl (C=O) groups excluding carboxylic acids is 1. The highest BCUT2D eigenvalue weighted by atomic mass is 19.3. The standard InChI is InChI=1S/C11H14F2O/c12-11(13)6-2-9(3-7-11)10(8-14)4-1-5-10/h2,8H,1,3-7H2. The van der Waals surface area contributed by atoms with Crippen molar-refractivity contribution in [2.45, 2.75) is 44.4 Å². The van der Waals surface area contributed by atoms with Gasteiger partial charge in [0.2, 0.25) is 0 Å². The smallest absolute Gasteiger partial charge is 0.251 e. The zero-order chi connectivity index (χ0) is 10.2. The first-order valence-electron chi connectivity index (χ1n) is 5.12. The Balaban J connectivity index is 2.13. The predicted molar refractivity (Wildman–Crippen MR) is 49.2 cm³/mol. The van der Waals surface area contributed by atoms with Gasteiger partial charge in [-0.3, -0.25) is 0 Å². The second-order valence-corrected chi connectivity index (χ2v) is 4.42. The number of rotatable bonds is 2. The van der Waals surface area contributed by atoms with E-state index in [0.717, 1.165) is 31.1 Å². The molecule has 0 N–H and O–H groups in total. The molecular weight excluding hydrogens is 186 g/mol. The number of alkyl halides is 2. The van der Waals surface area contributed by atoms with Gasteiger partial charge in [-0.15, -0.1) is 0 Å². The van der Waals surface area contributed by atoms with Crippen LogP contribution in [0.5, 0.6) is 0 Å². The number of aldehydes is 1. The molecule has 0 unspecified atom stereocenters. The minimum atomic E-state index is -2.54. The third-order valence-corrected chi connectivity index (χ3v) is 3.52. The van der Waals surface area contributed by atoms with E-state index >= 15 is 0 Å². The molecule has 78 valence electrons. The molecule has 0 aromatic carbocycles. The molecule has 0 aliphatic heterocycles. The van der Waals surface area contributed by atoms with E-state index < -0.39 is 5.92 Å². The first kappa shape index (κ1) is 9.81. The number of halogens is 2. The largest absolute Gasteiger partial charge is 0.302 e. The molecule has 0 bridgehead atoms. The zero-order valence-corrected chi connectivity index (χ0v) is 8.06. The quantitative estimate of drug-likeness (QED) is 0.494. The van der Waals surface area contributed by atoms with Gasteiger partial charge in [0.1, 0.15) is 6.29 Å². The summed E-state index contributed by atoms with van der Waals surface area (Å²) in [5, 5.41) is 0. The number of carbonyl (C=O) groups is 1. The summed E-state index contributed by atoms with van der Waals surface area (Å²) in [5.41, 5.74) is 0.612. The van der Waals surface area contributed by atoms with E-state index in [0.29, 0.717) is 6.42 Å². The molecule has 2 aliphatic rings. The fourth-order valence-corrected chi connectivity index (χ4v) is 2.32. The van der Waals surface area contributed by atoms with Crippen molar-refractivity contribution in [2.24, 2.45) is 5.41 Å². The Morgan fingerprint density at radius 1 is 1.29 bits per heavy atom. The summed E-state index contributed by atoms with van der Waals surface area (Å²) in [6.07, 6.45) is 5.44. The predicted octanol–water partition coefficient (Wildman–Crippen LogP) is 3.10.